The van der Waals surface area contributed by atoms with E-state index in [0.717, 1.165) is 11.1 Å². The van der Waals surface area contributed by atoms with Crippen LogP contribution in [0.3, 0.4) is 0 Å². The smallest absolute Gasteiger partial charge is 0.289 e. The van der Waals surface area contributed by atoms with Crippen molar-refractivity contribution in [3.05, 3.63) is 106 Å². The summed E-state index contributed by atoms with van der Waals surface area (Å²) in [5, 5.41) is 14.6. The molecular formula is C28H24N4O5. The van der Waals surface area contributed by atoms with E-state index in [-0.39, 0.29) is 17.5 Å². The molecule has 37 heavy (non-hydrogen) atoms. The molecule has 2 amide bonds. The number of non-ortho nitro benzene ring substituents is 1. The van der Waals surface area contributed by atoms with Crippen LogP contribution in [0.4, 0.5) is 17.1 Å². The predicted octanol–water partition coefficient (Wildman–Crippen LogP) is 4.96. The van der Waals surface area contributed by atoms with Gasteiger partial charge in [-0.1, -0.05) is 30.3 Å². The fraction of sp³-hybridized carbons (Fsp3) is 0.143. The first-order chi connectivity index (χ1) is 18.0. The minimum absolute atomic E-state index is 0.0297. The third-order valence-electron chi connectivity index (χ3n) is 6.21. The lowest BCUT2D eigenvalue weighted by Gasteiger charge is -2.35. The van der Waals surface area contributed by atoms with Gasteiger partial charge in [0.15, 0.2) is 5.76 Å². The molecule has 1 N–H and O–H groups in total. The maximum Gasteiger partial charge on any atom is 0.289 e. The molecule has 9 nitrogen and oxygen atoms in total. The second-order valence-electron chi connectivity index (χ2n) is 8.65. The number of nitro benzene ring substituents is 1. The number of carbonyl (C=O) groups excluding carboxylic acids is 2. The highest BCUT2D eigenvalue weighted by molar-refractivity contribution is 6.02. The van der Waals surface area contributed by atoms with Crippen LogP contribution < -0.4 is 10.2 Å². The van der Waals surface area contributed by atoms with Crippen LogP contribution in [0.15, 0.2) is 89.4 Å². The van der Waals surface area contributed by atoms with E-state index in [9.17, 15) is 19.7 Å². The van der Waals surface area contributed by atoms with Gasteiger partial charge in [-0.2, -0.15) is 0 Å². The summed E-state index contributed by atoms with van der Waals surface area (Å²) in [5.41, 5.74) is 2.88. The third-order valence-corrected chi connectivity index (χ3v) is 6.21. The van der Waals surface area contributed by atoms with Crippen LogP contribution in [0.1, 0.15) is 16.1 Å². The van der Waals surface area contributed by atoms with Crippen LogP contribution in [0.2, 0.25) is 0 Å². The first kappa shape index (κ1) is 23.8. The van der Waals surface area contributed by atoms with E-state index in [1.54, 1.807) is 23.1 Å². The van der Waals surface area contributed by atoms with E-state index in [1.807, 2.05) is 48.5 Å². The molecule has 4 aromatic rings. The average Bonchev–Trinajstić information content (AvgIpc) is 3.37. The highest BCUT2D eigenvalue weighted by Crippen LogP contribution is 2.23. The van der Waals surface area contributed by atoms with Gasteiger partial charge in [0.05, 0.1) is 4.92 Å². The Morgan fingerprint density at radius 2 is 1.68 bits per heavy atom. The largest absolute Gasteiger partial charge is 0.451 e. The van der Waals surface area contributed by atoms with Gasteiger partial charge in [0.1, 0.15) is 5.58 Å². The first-order valence-electron chi connectivity index (χ1n) is 11.8. The van der Waals surface area contributed by atoms with E-state index >= 15 is 0 Å². The fourth-order valence-corrected chi connectivity index (χ4v) is 4.26. The summed E-state index contributed by atoms with van der Waals surface area (Å²) in [5.74, 6) is -0.0849. The predicted molar refractivity (Wildman–Crippen MR) is 142 cm³/mol. The lowest BCUT2D eigenvalue weighted by atomic mass is 10.2. The molecule has 0 unspecified atom stereocenters. The molecule has 0 saturated carbocycles. The van der Waals surface area contributed by atoms with Crippen molar-refractivity contribution in [1.82, 2.24) is 4.90 Å². The van der Waals surface area contributed by atoms with E-state index in [4.69, 9.17) is 4.42 Å². The van der Waals surface area contributed by atoms with Crippen molar-refractivity contribution in [2.24, 2.45) is 0 Å². The van der Waals surface area contributed by atoms with E-state index in [2.05, 4.69) is 10.2 Å². The number of piperazine rings is 1. The number of fused-ring (bicyclic) bond motifs is 1. The first-order valence-corrected chi connectivity index (χ1v) is 11.8. The number of furan rings is 1. The monoisotopic (exact) mass is 496 g/mol. The second kappa shape index (κ2) is 10.4. The maximum absolute atomic E-state index is 12.9. The molecule has 0 spiro atoms. The Hall–Kier alpha value is -4.92. The topological polar surface area (TPSA) is 109 Å². The fourth-order valence-electron chi connectivity index (χ4n) is 4.26. The Morgan fingerprint density at radius 1 is 0.919 bits per heavy atom. The summed E-state index contributed by atoms with van der Waals surface area (Å²) in [7, 11) is 0. The van der Waals surface area contributed by atoms with Crippen LogP contribution >= 0.6 is 0 Å². The SMILES string of the molecule is O=C(/C=C/c1cccc([N+](=O)[O-])c1)Nc1ccc(N2CCN(C(=O)c3cc4ccccc4o3)CC2)cc1. The molecule has 1 fully saturated rings. The van der Waals surface area contributed by atoms with Crippen LogP contribution in [0, 0.1) is 10.1 Å². The molecule has 9 heteroatoms. The van der Waals surface area contributed by atoms with Crippen LogP contribution in [0.5, 0.6) is 0 Å². The summed E-state index contributed by atoms with van der Waals surface area (Å²) in [6.45, 7) is 2.53. The quantitative estimate of drug-likeness (QED) is 0.230. The molecule has 1 saturated heterocycles. The molecule has 3 aromatic carbocycles. The van der Waals surface area contributed by atoms with Crippen molar-refractivity contribution < 1.29 is 18.9 Å². The maximum atomic E-state index is 12.9. The van der Waals surface area contributed by atoms with Crippen LogP contribution in [-0.2, 0) is 4.79 Å². The number of nitrogens with zero attached hydrogens (tertiary/aromatic N) is 3. The Kier molecular flexibility index (Phi) is 6.67. The van der Waals surface area contributed by atoms with Gasteiger partial charge >= 0.3 is 0 Å². The van der Waals surface area contributed by atoms with E-state index in [1.165, 1.54) is 24.3 Å². The zero-order chi connectivity index (χ0) is 25.8. The number of nitro groups is 1. The van der Waals surface area contributed by atoms with Crippen molar-refractivity contribution in [2.45, 2.75) is 0 Å². The van der Waals surface area contributed by atoms with E-state index in [0.29, 0.717) is 48.8 Å². The van der Waals surface area contributed by atoms with Crippen molar-refractivity contribution in [3.63, 3.8) is 0 Å². The molecule has 5 rings (SSSR count). The van der Waals surface area contributed by atoms with Crippen LogP contribution in [0.25, 0.3) is 17.0 Å². The molecule has 0 radical (unpaired) electrons. The molecule has 0 bridgehead atoms. The Labute approximate surface area is 212 Å². The Morgan fingerprint density at radius 3 is 2.41 bits per heavy atom. The number of hydrogen-bond acceptors (Lipinski definition) is 6. The van der Waals surface area contributed by atoms with Gasteiger partial charge in [-0.25, -0.2) is 0 Å². The molecule has 1 aliphatic rings. The lowest BCUT2D eigenvalue weighted by Crippen LogP contribution is -2.48. The second-order valence-corrected chi connectivity index (χ2v) is 8.65. The van der Waals surface area contributed by atoms with Gasteiger partial charge < -0.3 is 19.5 Å². The van der Waals surface area contributed by atoms with Gasteiger partial charge in [0.2, 0.25) is 5.91 Å². The summed E-state index contributed by atoms with van der Waals surface area (Å²) in [4.78, 5) is 39.6. The Balaban J connectivity index is 1.14. The Bertz CT molecular complexity index is 1450. The summed E-state index contributed by atoms with van der Waals surface area (Å²) >= 11 is 0. The highest BCUT2D eigenvalue weighted by atomic mass is 16.6. The third kappa shape index (κ3) is 5.51. The van der Waals surface area contributed by atoms with Gasteiger partial charge in [-0.15, -0.1) is 0 Å². The molecule has 2 heterocycles. The number of anilines is 2. The molecule has 0 atom stereocenters. The highest BCUT2D eigenvalue weighted by Gasteiger charge is 2.24. The molecule has 1 aromatic heterocycles. The molecular weight excluding hydrogens is 472 g/mol. The van der Waals surface area contributed by atoms with Gasteiger partial charge in [-0.05, 0) is 48.0 Å². The minimum atomic E-state index is -0.475. The van der Waals surface area contributed by atoms with Crippen molar-refractivity contribution in [3.8, 4) is 0 Å². The minimum Gasteiger partial charge on any atom is -0.451 e. The van der Waals surface area contributed by atoms with Crippen molar-refractivity contribution in [2.75, 3.05) is 36.4 Å². The number of amides is 2. The summed E-state index contributed by atoms with van der Waals surface area (Å²) in [6, 6.07) is 22.9. The number of benzene rings is 3. The van der Waals surface area contributed by atoms with Gasteiger partial charge in [0.25, 0.3) is 11.6 Å². The zero-order valence-electron chi connectivity index (χ0n) is 19.9. The number of rotatable bonds is 6. The number of hydrogen-bond donors (Lipinski definition) is 1. The molecule has 186 valence electrons. The summed E-state index contributed by atoms with van der Waals surface area (Å²) in [6.07, 6.45) is 2.87. The van der Waals surface area contributed by atoms with Gasteiger partial charge in [-0.3, -0.25) is 19.7 Å². The average molecular weight is 497 g/mol. The number of nitrogens with one attached hydrogen (secondary N) is 1. The molecule has 0 aliphatic carbocycles. The molecule has 1 aliphatic heterocycles. The standard InChI is InChI=1S/C28H24N4O5/c33-27(13-8-20-4-3-6-24(18-20)32(35)36)29-22-9-11-23(12-10-22)30-14-16-31(17-15-30)28(34)26-19-21-5-1-2-7-25(21)37-26/h1-13,18-19H,14-17H2,(H,29,33)/b13-8+. The van der Waals surface area contributed by atoms with E-state index < -0.39 is 4.92 Å². The number of carbonyl (C=O) groups is 2. The lowest BCUT2D eigenvalue weighted by molar-refractivity contribution is -0.384. The normalized spacial score (nSPS) is 13.7. The summed E-state index contributed by atoms with van der Waals surface area (Å²) < 4.78 is 5.73. The van der Waals surface area contributed by atoms with Gasteiger partial charge in [0, 0.05) is 61.1 Å². The van der Waals surface area contributed by atoms with Crippen molar-refractivity contribution >= 4 is 45.9 Å². The van der Waals surface area contributed by atoms with Crippen LogP contribution in [-0.4, -0.2) is 47.8 Å². The zero-order valence-corrected chi connectivity index (χ0v) is 19.9. The number of para-hydroxylation sites is 1. The van der Waals surface area contributed by atoms with Crippen molar-refractivity contribution in [1.29, 1.82) is 0 Å².